The van der Waals surface area contributed by atoms with Crippen LogP contribution in [0.1, 0.15) is 0 Å². The Kier molecular flexibility index (Phi) is 2.44. The molecule has 0 bridgehead atoms. The van der Waals surface area contributed by atoms with Crippen molar-refractivity contribution in [1.82, 2.24) is 0 Å². The Morgan fingerprint density at radius 1 is 1.20 bits per heavy atom. The van der Waals surface area contributed by atoms with Crippen molar-refractivity contribution in [1.29, 1.82) is 0 Å². The Labute approximate surface area is 55.7 Å². The lowest BCUT2D eigenvalue weighted by atomic mass is 11.6. The van der Waals surface area contributed by atoms with E-state index in [1.807, 2.05) is 0 Å². The van der Waals surface area contributed by atoms with E-state index in [1.165, 1.54) is 0 Å². The largest absolute Gasteiger partial charge is 0.298 e. The van der Waals surface area contributed by atoms with Crippen molar-refractivity contribution in [2.75, 3.05) is 0 Å². The molecule has 0 aliphatic carbocycles. The van der Waals surface area contributed by atoms with Crippen LogP contribution in [-0.2, 0) is 0 Å². The van der Waals surface area contributed by atoms with E-state index in [0.717, 1.165) is 0 Å². The van der Waals surface area contributed by atoms with Gasteiger partial charge in [0.2, 0.25) is 0 Å². The van der Waals surface area contributed by atoms with E-state index in [4.69, 9.17) is 5.73 Å². The third-order valence-electron chi connectivity index (χ3n) is 0. The topological polar surface area (TPSA) is 26.0 Å². The van der Waals surface area contributed by atoms with Crippen LogP contribution >= 0.6 is 47.8 Å². The van der Waals surface area contributed by atoms with Crippen molar-refractivity contribution in [3.63, 3.8) is 0 Å². The van der Waals surface area contributed by atoms with Crippen molar-refractivity contribution in [2.45, 2.75) is 2.27 Å². The number of alkyl halides is 3. The summed E-state index contributed by atoms with van der Waals surface area (Å²) in [5.41, 5.74) is 5.10. The number of rotatable bonds is 0. The summed E-state index contributed by atoms with van der Waals surface area (Å²) in [5, 5.41) is 0. The average molecular weight is 268 g/mol. The van der Waals surface area contributed by atoms with Gasteiger partial charge in [-0.1, -0.05) is 0 Å². The van der Waals surface area contributed by atoms with Crippen LogP contribution in [0.5, 0.6) is 0 Å². The first kappa shape index (κ1) is 6.40. The lowest BCUT2D eigenvalue weighted by Crippen LogP contribution is -2.12. The molecule has 2 N–H and O–H groups in total. The fraction of sp³-hybridized carbons (Fsp3) is 1.00. The third kappa shape index (κ3) is 31.8. The number of hydrogen-bond donors (Lipinski definition) is 1. The van der Waals surface area contributed by atoms with Crippen molar-refractivity contribution < 1.29 is 0 Å². The smallest absolute Gasteiger partial charge is 0.183 e. The first-order valence-electron chi connectivity index (χ1n) is 0.856. The van der Waals surface area contributed by atoms with Crippen molar-refractivity contribution in [3.05, 3.63) is 0 Å². The lowest BCUT2D eigenvalue weighted by Gasteiger charge is -1.97. The highest BCUT2D eigenvalue weighted by molar-refractivity contribution is 9.39. The van der Waals surface area contributed by atoms with E-state index in [-0.39, 0.29) is 0 Å². The van der Waals surface area contributed by atoms with Gasteiger partial charge < -0.3 is 0 Å². The zero-order valence-corrected chi connectivity index (χ0v) is 6.97. The Hall–Kier alpha value is 1.40. The zero-order valence-electron chi connectivity index (χ0n) is 2.21. The van der Waals surface area contributed by atoms with Gasteiger partial charge in [-0.2, -0.15) is 0 Å². The molecule has 0 saturated carbocycles. The maximum Gasteiger partial charge on any atom is 0.183 e. The molecule has 0 unspecified atom stereocenters. The van der Waals surface area contributed by atoms with Gasteiger partial charge in [0, 0.05) is 0 Å². The summed E-state index contributed by atoms with van der Waals surface area (Å²) in [6.45, 7) is 0. The van der Waals surface area contributed by atoms with E-state index < -0.39 is 2.27 Å². The van der Waals surface area contributed by atoms with Crippen LogP contribution in [0.3, 0.4) is 0 Å². The molecule has 0 radical (unpaired) electrons. The van der Waals surface area contributed by atoms with Gasteiger partial charge in [-0.15, -0.1) is 0 Å². The summed E-state index contributed by atoms with van der Waals surface area (Å²) in [4.78, 5) is 0. The first-order valence-corrected chi connectivity index (χ1v) is 3.23. The van der Waals surface area contributed by atoms with Gasteiger partial charge in [0.15, 0.2) is 2.27 Å². The van der Waals surface area contributed by atoms with Crippen LogP contribution in [0.4, 0.5) is 0 Å². The second-order valence-corrected chi connectivity index (χ2v) is 7.49. The molecule has 1 nitrogen and oxygen atoms in total. The monoisotopic (exact) mass is 265 g/mol. The number of halogens is 3. The van der Waals surface area contributed by atoms with Crippen molar-refractivity contribution in [3.8, 4) is 0 Å². The van der Waals surface area contributed by atoms with E-state index in [0.29, 0.717) is 0 Å². The van der Waals surface area contributed by atoms with Crippen LogP contribution in [0.25, 0.3) is 0 Å². The minimum absolute atomic E-state index is 0.562. The van der Waals surface area contributed by atoms with Gasteiger partial charge in [-0.3, -0.25) is 5.73 Å². The molecule has 0 aromatic rings. The highest BCUT2D eigenvalue weighted by atomic mass is 80.0. The highest BCUT2D eigenvalue weighted by Gasteiger charge is 2.05. The van der Waals surface area contributed by atoms with Crippen LogP contribution in [-0.4, -0.2) is 2.27 Å². The minimum Gasteiger partial charge on any atom is -0.298 e. The lowest BCUT2D eigenvalue weighted by molar-refractivity contribution is 1.30. The van der Waals surface area contributed by atoms with Crippen LogP contribution in [0.15, 0.2) is 0 Å². The fourth-order valence-corrected chi connectivity index (χ4v) is 0. The maximum atomic E-state index is 5.10. The fourth-order valence-electron chi connectivity index (χ4n) is 0. The molecule has 4 heteroatoms. The normalized spacial score (nSPS) is 12.0. The van der Waals surface area contributed by atoms with Crippen molar-refractivity contribution >= 4 is 47.8 Å². The molecule has 0 heterocycles. The molecule has 5 heavy (non-hydrogen) atoms. The second kappa shape index (κ2) is 1.91. The summed E-state index contributed by atoms with van der Waals surface area (Å²) >= 11 is 8.96. The van der Waals surface area contributed by atoms with Crippen LogP contribution in [0, 0.1) is 0 Å². The molecule has 0 saturated heterocycles. The summed E-state index contributed by atoms with van der Waals surface area (Å²) in [5.74, 6) is 0. The standard InChI is InChI=1S/CH2Br3N/c2-1(3,4)5/h5H2. The molecule has 0 aliphatic rings. The summed E-state index contributed by atoms with van der Waals surface area (Å²) in [6.07, 6.45) is 0. The van der Waals surface area contributed by atoms with E-state index in [2.05, 4.69) is 47.8 Å². The predicted molar refractivity (Wildman–Crippen MR) is 33.7 cm³/mol. The molecule has 0 atom stereocenters. The van der Waals surface area contributed by atoms with Gasteiger partial charge in [0.25, 0.3) is 0 Å². The quantitative estimate of drug-likeness (QED) is 0.525. The average Bonchev–Trinajstić information content (AvgIpc) is 0.722. The molecule has 0 rings (SSSR count). The summed E-state index contributed by atoms with van der Waals surface area (Å²) in [6, 6.07) is 0. The number of nitrogens with two attached hydrogens (primary N) is 1. The molecular weight excluding hydrogens is 266 g/mol. The maximum absolute atomic E-state index is 5.10. The number of hydrogen-bond acceptors (Lipinski definition) is 1. The third-order valence-corrected chi connectivity index (χ3v) is 0. The molecule has 0 aromatic heterocycles. The predicted octanol–water partition coefficient (Wildman–Crippen LogP) is 1.74. The molecular formula is CH2Br3N. The summed E-state index contributed by atoms with van der Waals surface area (Å²) < 4.78 is -0.562. The van der Waals surface area contributed by atoms with Gasteiger partial charge in [-0.05, 0) is 47.8 Å². The molecule has 0 spiro atoms. The molecule has 0 aliphatic heterocycles. The van der Waals surface area contributed by atoms with Gasteiger partial charge in [0.1, 0.15) is 0 Å². The Morgan fingerprint density at radius 2 is 1.20 bits per heavy atom. The second-order valence-electron chi connectivity index (χ2n) is 0.542. The summed E-state index contributed by atoms with van der Waals surface area (Å²) in [7, 11) is 0. The molecule has 0 amide bonds. The zero-order chi connectivity index (χ0) is 4.50. The Bertz CT molecular complexity index is 22.4. The van der Waals surface area contributed by atoms with Crippen molar-refractivity contribution in [2.24, 2.45) is 5.73 Å². The molecule has 0 aromatic carbocycles. The first-order chi connectivity index (χ1) is 2.00. The van der Waals surface area contributed by atoms with Crippen LogP contribution < -0.4 is 5.73 Å². The highest BCUT2D eigenvalue weighted by Crippen LogP contribution is 2.25. The van der Waals surface area contributed by atoms with E-state index in [1.54, 1.807) is 0 Å². The SMILES string of the molecule is NC(Br)(Br)Br. The van der Waals surface area contributed by atoms with E-state index in [9.17, 15) is 0 Å². The van der Waals surface area contributed by atoms with Gasteiger partial charge in [0.05, 0.1) is 0 Å². The molecule has 0 fully saturated rings. The Morgan fingerprint density at radius 3 is 1.20 bits per heavy atom. The molecule has 32 valence electrons. The van der Waals surface area contributed by atoms with Crippen LogP contribution in [0.2, 0.25) is 0 Å². The minimum atomic E-state index is -0.562. The van der Waals surface area contributed by atoms with E-state index >= 15 is 0 Å². The Balaban J connectivity index is 3.02. The van der Waals surface area contributed by atoms with Gasteiger partial charge in [-0.25, -0.2) is 0 Å². The van der Waals surface area contributed by atoms with Gasteiger partial charge >= 0.3 is 0 Å².